The van der Waals surface area contributed by atoms with Crippen molar-refractivity contribution >= 4 is 21.6 Å². The third-order valence-electron chi connectivity index (χ3n) is 5.63. The summed E-state index contributed by atoms with van der Waals surface area (Å²) in [6.45, 7) is 2.29. The van der Waals surface area contributed by atoms with Gasteiger partial charge < -0.3 is 34.9 Å². The van der Waals surface area contributed by atoms with E-state index in [0.29, 0.717) is 49.1 Å². The van der Waals surface area contributed by atoms with Crippen LogP contribution in [-0.2, 0) is 19.6 Å². The van der Waals surface area contributed by atoms with Gasteiger partial charge >= 0.3 is 6.18 Å². The van der Waals surface area contributed by atoms with Gasteiger partial charge in [0, 0.05) is 43.4 Å². The molecule has 40 heavy (non-hydrogen) atoms. The zero-order valence-corrected chi connectivity index (χ0v) is 24.1. The van der Waals surface area contributed by atoms with E-state index in [9.17, 15) is 18.3 Å². The van der Waals surface area contributed by atoms with Crippen LogP contribution in [0.1, 0.15) is 11.3 Å². The number of hydrogen-bond donors (Lipinski definition) is 3. The number of rotatable bonds is 17. The van der Waals surface area contributed by atoms with Gasteiger partial charge in [-0.25, -0.2) is 4.98 Å². The number of nitrogens with one attached hydrogen (secondary N) is 1. The van der Waals surface area contributed by atoms with Gasteiger partial charge in [-0.3, -0.25) is 0 Å². The van der Waals surface area contributed by atoms with Crippen LogP contribution in [0.15, 0.2) is 48.7 Å². The average Bonchev–Trinajstić information content (AvgIpc) is 3.34. The molecule has 2 aromatic carbocycles. The molecule has 220 valence electrons. The maximum Gasteiger partial charge on any atom is 0.434 e. The molecule has 3 aromatic rings. The summed E-state index contributed by atoms with van der Waals surface area (Å²) in [4.78, 5) is 3.69. The van der Waals surface area contributed by atoms with Gasteiger partial charge in [0.05, 0.1) is 13.7 Å². The van der Waals surface area contributed by atoms with Gasteiger partial charge in [0.15, 0.2) is 17.2 Å². The molecular weight excluding hydrogens is 565 g/mol. The summed E-state index contributed by atoms with van der Waals surface area (Å²) in [5.41, 5.74) is 6.15. The first-order valence-corrected chi connectivity index (χ1v) is 15.2. The molecule has 0 spiro atoms. The number of alkyl halides is 3. The topological polar surface area (TPSA) is 104 Å². The van der Waals surface area contributed by atoms with Crippen molar-refractivity contribution in [2.24, 2.45) is 12.8 Å². The standard InChI is InChI=1S/C27H35F3N4O4S2/c1-34-17-25(27(28,29)30)33-26(34)20-4-6-22(7-5-20)38-18-21(35)16-32-11-9-19-3-8-23(24(15-19)36-2)37-12-14-40-39-13-10-31/h3-8,15,17,21,32,35H,9-14,16,18,31H2,1-2H3/t21-/m0/s1. The molecule has 0 amide bonds. The molecule has 8 nitrogen and oxygen atoms in total. The minimum absolute atomic E-state index is 0.0653. The second-order valence-corrected chi connectivity index (χ2v) is 11.5. The Balaban J connectivity index is 1.37. The molecule has 0 unspecified atom stereocenters. The highest BCUT2D eigenvalue weighted by Gasteiger charge is 2.34. The van der Waals surface area contributed by atoms with Crippen molar-refractivity contribution in [2.75, 3.05) is 51.5 Å². The Bertz CT molecular complexity index is 1180. The number of aliphatic hydroxyl groups excluding tert-OH is 1. The molecular formula is C27H35F3N4O4S2. The second-order valence-electron chi connectivity index (χ2n) is 8.77. The van der Waals surface area contributed by atoms with Crippen LogP contribution in [-0.4, -0.2) is 72.2 Å². The average molecular weight is 601 g/mol. The van der Waals surface area contributed by atoms with E-state index in [1.165, 1.54) is 11.6 Å². The Morgan fingerprint density at radius 1 is 1.07 bits per heavy atom. The summed E-state index contributed by atoms with van der Waals surface area (Å²) in [7, 11) is 6.59. The molecule has 0 saturated heterocycles. The van der Waals surface area contributed by atoms with Crippen molar-refractivity contribution < 1.29 is 32.5 Å². The summed E-state index contributed by atoms with van der Waals surface area (Å²) in [5.74, 6) is 3.86. The lowest BCUT2D eigenvalue weighted by molar-refractivity contribution is -0.140. The van der Waals surface area contributed by atoms with Crippen LogP contribution in [0.25, 0.3) is 11.4 Å². The molecule has 1 aromatic heterocycles. The van der Waals surface area contributed by atoms with Crippen LogP contribution < -0.4 is 25.3 Å². The van der Waals surface area contributed by atoms with Crippen molar-refractivity contribution in [2.45, 2.75) is 18.7 Å². The molecule has 1 atom stereocenters. The maximum absolute atomic E-state index is 12.9. The number of methoxy groups -OCH3 is 1. The van der Waals surface area contributed by atoms with Crippen molar-refractivity contribution in [3.05, 3.63) is 59.9 Å². The molecule has 0 saturated carbocycles. The smallest absolute Gasteiger partial charge is 0.434 e. The first-order valence-electron chi connectivity index (χ1n) is 12.7. The second kappa shape index (κ2) is 16.0. The zero-order valence-electron chi connectivity index (χ0n) is 22.4. The summed E-state index contributed by atoms with van der Waals surface area (Å²) in [6.07, 6.45) is -3.55. The summed E-state index contributed by atoms with van der Waals surface area (Å²) in [5, 5.41) is 13.5. The Labute approximate surface area is 240 Å². The summed E-state index contributed by atoms with van der Waals surface area (Å²) in [6, 6.07) is 12.4. The number of hydrogen-bond acceptors (Lipinski definition) is 9. The van der Waals surface area contributed by atoms with E-state index in [4.69, 9.17) is 19.9 Å². The van der Waals surface area contributed by atoms with Gasteiger partial charge in [-0.2, -0.15) is 13.2 Å². The molecule has 0 fully saturated rings. The Morgan fingerprint density at radius 3 is 2.50 bits per heavy atom. The monoisotopic (exact) mass is 600 g/mol. The lowest BCUT2D eigenvalue weighted by Gasteiger charge is -2.14. The molecule has 4 N–H and O–H groups in total. The van der Waals surface area contributed by atoms with Crippen molar-refractivity contribution in [3.63, 3.8) is 0 Å². The lowest BCUT2D eigenvalue weighted by Crippen LogP contribution is -2.32. The highest BCUT2D eigenvalue weighted by Crippen LogP contribution is 2.31. The van der Waals surface area contributed by atoms with Gasteiger partial charge in [0.2, 0.25) is 0 Å². The zero-order chi connectivity index (χ0) is 29.0. The van der Waals surface area contributed by atoms with E-state index in [2.05, 4.69) is 10.3 Å². The number of aliphatic hydroxyl groups is 1. The highest BCUT2D eigenvalue weighted by molar-refractivity contribution is 8.76. The van der Waals surface area contributed by atoms with E-state index >= 15 is 0 Å². The number of benzene rings is 2. The molecule has 0 bridgehead atoms. The number of aryl methyl sites for hydroxylation is 1. The van der Waals surface area contributed by atoms with Crippen molar-refractivity contribution in [3.8, 4) is 28.6 Å². The van der Waals surface area contributed by atoms with Crippen molar-refractivity contribution in [1.29, 1.82) is 0 Å². The quantitative estimate of drug-likeness (QED) is 0.154. The number of nitrogens with zero attached hydrogens (tertiary/aromatic N) is 2. The Kier molecular flexibility index (Phi) is 12.8. The van der Waals surface area contributed by atoms with E-state index in [1.54, 1.807) is 53.0 Å². The van der Waals surface area contributed by atoms with Gasteiger partial charge in [0.1, 0.15) is 24.3 Å². The highest BCUT2D eigenvalue weighted by atomic mass is 33.1. The predicted molar refractivity (Wildman–Crippen MR) is 154 cm³/mol. The first kappa shape index (κ1) is 31.9. The predicted octanol–water partition coefficient (Wildman–Crippen LogP) is 4.41. The van der Waals surface area contributed by atoms with Gasteiger partial charge in [0.25, 0.3) is 0 Å². The van der Waals surface area contributed by atoms with Crippen molar-refractivity contribution in [1.82, 2.24) is 14.9 Å². The van der Waals surface area contributed by atoms with Crippen LogP contribution in [0.4, 0.5) is 13.2 Å². The SMILES string of the molecule is COc1cc(CCNC[C@H](O)COc2ccc(-c3nc(C(F)(F)F)cn3C)cc2)ccc1OCCSSCCN. The fraction of sp³-hybridized carbons (Fsp3) is 0.444. The van der Waals surface area contributed by atoms with Crippen LogP contribution in [0, 0.1) is 0 Å². The van der Waals surface area contributed by atoms with Crippen LogP contribution in [0.5, 0.6) is 17.2 Å². The molecule has 0 radical (unpaired) electrons. The van der Waals surface area contributed by atoms with Crippen LogP contribution in [0.2, 0.25) is 0 Å². The van der Waals surface area contributed by atoms with Gasteiger partial charge in [-0.15, -0.1) is 0 Å². The molecule has 1 heterocycles. The largest absolute Gasteiger partial charge is 0.493 e. The fourth-order valence-corrected chi connectivity index (χ4v) is 5.35. The van der Waals surface area contributed by atoms with Gasteiger partial charge in [-0.05, 0) is 54.9 Å². The van der Waals surface area contributed by atoms with Gasteiger partial charge in [-0.1, -0.05) is 27.7 Å². The number of aromatic nitrogens is 2. The normalized spacial score (nSPS) is 12.4. The van der Waals surface area contributed by atoms with E-state index in [1.807, 2.05) is 18.2 Å². The summed E-state index contributed by atoms with van der Waals surface area (Å²) >= 11 is 0. The lowest BCUT2D eigenvalue weighted by atomic mass is 10.1. The molecule has 0 aliphatic rings. The molecule has 13 heteroatoms. The Morgan fingerprint density at radius 2 is 1.82 bits per heavy atom. The van der Waals surface area contributed by atoms with E-state index in [-0.39, 0.29) is 12.4 Å². The maximum atomic E-state index is 12.9. The molecule has 0 aliphatic carbocycles. The minimum Gasteiger partial charge on any atom is -0.493 e. The number of imidazole rings is 1. The third-order valence-corrected chi connectivity index (χ3v) is 8.03. The van der Waals surface area contributed by atoms with E-state index < -0.39 is 18.0 Å². The van der Waals surface area contributed by atoms with E-state index in [0.717, 1.165) is 29.7 Å². The number of ether oxygens (including phenoxy) is 3. The minimum atomic E-state index is -4.50. The third kappa shape index (κ3) is 10.1. The van der Waals surface area contributed by atoms with Crippen LogP contribution >= 0.6 is 21.6 Å². The fourth-order valence-electron chi connectivity index (χ4n) is 3.66. The molecule has 3 rings (SSSR count). The summed E-state index contributed by atoms with van der Waals surface area (Å²) < 4.78 is 57.0. The van der Waals surface area contributed by atoms with Crippen LogP contribution in [0.3, 0.4) is 0 Å². The first-order chi connectivity index (χ1) is 19.2. The Hall–Kier alpha value is -2.58. The molecule has 0 aliphatic heterocycles. The number of halogens is 3. The number of nitrogens with two attached hydrogens (primary N) is 1.